The number of nitrogen functional groups attached to an aromatic ring is 1. The van der Waals surface area contributed by atoms with Crippen molar-refractivity contribution in [3.63, 3.8) is 0 Å². The quantitative estimate of drug-likeness (QED) is 0.458. The molecule has 0 atom stereocenters. The minimum Gasteiger partial charge on any atom is -0.490 e. The van der Waals surface area contributed by atoms with Gasteiger partial charge in [-0.3, -0.25) is 5.41 Å². The van der Waals surface area contributed by atoms with E-state index < -0.39 is 0 Å². The van der Waals surface area contributed by atoms with Gasteiger partial charge >= 0.3 is 0 Å². The van der Waals surface area contributed by atoms with E-state index in [9.17, 15) is 0 Å². The highest BCUT2D eigenvalue weighted by Crippen LogP contribution is 2.25. The molecular weight excluding hydrogens is 216 g/mol. The van der Waals surface area contributed by atoms with Crippen LogP contribution in [0.2, 0.25) is 5.02 Å². The number of halogens is 1. The number of hydrogen-bond donors (Lipinski definition) is 2. The normalized spacial score (nSPS) is 10.0. The minimum absolute atomic E-state index is 0.104. The molecule has 1 rings (SSSR count). The summed E-state index contributed by atoms with van der Waals surface area (Å²) in [6.45, 7) is 0.876. The van der Waals surface area contributed by atoms with Crippen molar-refractivity contribution in [3.05, 3.63) is 28.8 Å². The van der Waals surface area contributed by atoms with Gasteiger partial charge in [-0.05, 0) is 12.1 Å². The molecule has 0 radical (unpaired) electrons. The molecule has 0 aliphatic heterocycles. The predicted octanol–water partition coefficient (Wildman–Crippen LogP) is 1.65. The molecule has 0 amide bonds. The van der Waals surface area contributed by atoms with Gasteiger partial charge < -0.3 is 15.2 Å². The van der Waals surface area contributed by atoms with Crippen molar-refractivity contribution >= 4 is 17.4 Å². The third-order valence-corrected chi connectivity index (χ3v) is 2.10. The van der Waals surface area contributed by atoms with Crippen LogP contribution in [0.25, 0.3) is 0 Å². The van der Waals surface area contributed by atoms with Gasteiger partial charge in [-0.25, -0.2) is 0 Å². The van der Waals surface area contributed by atoms with Gasteiger partial charge in [0.05, 0.1) is 17.2 Å². The molecule has 3 N–H and O–H groups in total. The minimum atomic E-state index is -0.104. The van der Waals surface area contributed by atoms with Crippen molar-refractivity contribution in [2.24, 2.45) is 5.73 Å². The maximum atomic E-state index is 7.38. The smallest absolute Gasteiger partial charge is 0.131 e. The summed E-state index contributed by atoms with van der Waals surface area (Å²) in [6, 6.07) is 5.14. The molecule has 0 aliphatic carbocycles. The third-order valence-electron chi connectivity index (χ3n) is 1.79. The number of hydrogen-bond acceptors (Lipinski definition) is 3. The fourth-order valence-electron chi connectivity index (χ4n) is 1.12. The summed E-state index contributed by atoms with van der Waals surface area (Å²) in [4.78, 5) is 0. The fourth-order valence-corrected chi connectivity index (χ4v) is 1.39. The van der Waals surface area contributed by atoms with Gasteiger partial charge in [-0.1, -0.05) is 17.7 Å². The molecule has 1 aromatic rings. The number of rotatable bonds is 5. The second-order valence-corrected chi connectivity index (χ2v) is 3.28. The molecular formula is C10H13ClN2O2. The van der Waals surface area contributed by atoms with Gasteiger partial charge in [-0.2, -0.15) is 0 Å². The average Bonchev–Trinajstić information content (AvgIpc) is 2.17. The van der Waals surface area contributed by atoms with Crippen LogP contribution in [0, 0.1) is 5.41 Å². The largest absolute Gasteiger partial charge is 0.490 e. The fraction of sp³-hybridized carbons (Fsp3) is 0.300. The molecule has 0 saturated carbocycles. The lowest BCUT2D eigenvalue weighted by atomic mass is 10.2. The number of methoxy groups -OCH3 is 1. The van der Waals surface area contributed by atoms with E-state index in [2.05, 4.69) is 0 Å². The molecule has 0 bridgehead atoms. The Morgan fingerprint density at radius 1 is 1.47 bits per heavy atom. The van der Waals surface area contributed by atoms with Crippen LogP contribution in [0.4, 0.5) is 0 Å². The molecule has 0 aromatic heterocycles. The van der Waals surface area contributed by atoms with Crippen molar-refractivity contribution in [1.82, 2.24) is 0 Å². The second-order valence-electron chi connectivity index (χ2n) is 2.87. The summed E-state index contributed by atoms with van der Waals surface area (Å²) in [5, 5.41) is 7.79. The van der Waals surface area contributed by atoms with E-state index in [0.29, 0.717) is 29.5 Å². The molecule has 0 unspecified atom stereocenters. The topological polar surface area (TPSA) is 68.3 Å². The lowest BCUT2D eigenvalue weighted by Gasteiger charge is -2.11. The first-order valence-electron chi connectivity index (χ1n) is 4.41. The summed E-state index contributed by atoms with van der Waals surface area (Å²) >= 11 is 5.91. The van der Waals surface area contributed by atoms with Gasteiger partial charge in [0.25, 0.3) is 0 Å². The van der Waals surface area contributed by atoms with E-state index in [1.165, 1.54) is 0 Å². The highest BCUT2D eigenvalue weighted by atomic mass is 35.5. The van der Waals surface area contributed by atoms with Gasteiger partial charge in [0.15, 0.2) is 0 Å². The molecule has 15 heavy (non-hydrogen) atoms. The van der Waals surface area contributed by atoms with Crippen molar-refractivity contribution in [3.8, 4) is 5.75 Å². The molecule has 82 valence electrons. The maximum Gasteiger partial charge on any atom is 0.131 e. The Morgan fingerprint density at radius 3 is 2.80 bits per heavy atom. The standard InChI is InChI=1S/C10H13ClN2O2/c1-14-5-6-15-8-4-2-3-7(11)9(8)10(12)13/h2-4H,5-6H2,1H3,(H3,12,13). The Morgan fingerprint density at radius 2 is 2.20 bits per heavy atom. The first kappa shape index (κ1) is 11.8. The Kier molecular flexibility index (Phi) is 4.39. The third kappa shape index (κ3) is 3.11. The van der Waals surface area contributed by atoms with Crippen LogP contribution in [0.3, 0.4) is 0 Å². The first-order valence-corrected chi connectivity index (χ1v) is 4.79. The van der Waals surface area contributed by atoms with Crippen molar-refractivity contribution in [2.75, 3.05) is 20.3 Å². The summed E-state index contributed by atoms with van der Waals surface area (Å²) in [5.74, 6) is 0.403. The molecule has 1 aromatic carbocycles. The van der Waals surface area contributed by atoms with Crippen LogP contribution in [0.5, 0.6) is 5.75 Å². The summed E-state index contributed by atoms with van der Waals surface area (Å²) in [5.41, 5.74) is 5.83. The number of nitrogens with two attached hydrogens (primary N) is 1. The molecule has 0 aliphatic rings. The summed E-state index contributed by atoms with van der Waals surface area (Å²) in [6.07, 6.45) is 0. The van der Waals surface area contributed by atoms with E-state index >= 15 is 0 Å². The Bertz CT molecular complexity index is 355. The predicted molar refractivity (Wildman–Crippen MR) is 59.8 cm³/mol. The lowest BCUT2D eigenvalue weighted by molar-refractivity contribution is 0.146. The van der Waals surface area contributed by atoms with E-state index in [0.717, 1.165) is 0 Å². The van der Waals surface area contributed by atoms with Crippen LogP contribution in [0.1, 0.15) is 5.56 Å². The van der Waals surface area contributed by atoms with Crippen LogP contribution < -0.4 is 10.5 Å². The molecule has 5 heteroatoms. The van der Waals surface area contributed by atoms with Gasteiger partial charge in [0.2, 0.25) is 0 Å². The van der Waals surface area contributed by atoms with Crippen molar-refractivity contribution < 1.29 is 9.47 Å². The highest BCUT2D eigenvalue weighted by molar-refractivity contribution is 6.34. The number of ether oxygens (including phenoxy) is 2. The number of nitrogens with one attached hydrogen (secondary N) is 1. The lowest BCUT2D eigenvalue weighted by Crippen LogP contribution is -2.15. The SMILES string of the molecule is COCCOc1cccc(Cl)c1C(=N)N. The van der Waals surface area contributed by atoms with Crippen molar-refractivity contribution in [2.45, 2.75) is 0 Å². The molecule has 0 spiro atoms. The monoisotopic (exact) mass is 228 g/mol. The van der Waals surface area contributed by atoms with E-state index in [1.54, 1.807) is 25.3 Å². The van der Waals surface area contributed by atoms with E-state index in [-0.39, 0.29) is 5.84 Å². The molecule has 0 fully saturated rings. The van der Waals surface area contributed by atoms with Gasteiger partial charge in [-0.15, -0.1) is 0 Å². The number of amidine groups is 1. The molecule has 0 heterocycles. The molecule has 0 saturated heterocycles. The Hall–Kier alpha value is -1.26. The van der Waals surface area contributed by atoms with Gasteiger partial charge in [0, 0.05) is 7.11 Å². The zero-order valence-corrected chi connectivity index (χ0v) is 9.17. The van der Waals surface area contributed by atoms with Crippen molar-refractivity contribution in [1.29, 1.82) is 5.41 Å². The van der Waals surface area contributed by atoms with Crippen LogP contribution in [-0.4, -0.2) is 26.2 Å². The number of benzene rings is 1. The summed E-state index contributed by atoms with van der Waals surface area (Å²) < 4.78 is 10.2. The zero-order valence-electron chi connectivity index (χ0n) is 8.42. The van der Waals surface area contributed by atoms with Gasteiger partial charge in [0.1, 0.15) is 18.2 Å². The van der Waals surface area contributed by atoms with E-state index in [1.807, 2.05) is 0 Å². The zero-order chi connectivity index (χ0) is 11.3. The average molecular weight is 229 g/mol. The first-order chi connectivity index (χ1) is 7.16. The second kappa shape index (κ2) is 5.58. The summed E-state index contributed by atoms with van der Waals surface area (Å²) in [7, 11) is 1.59. The van der Waals surface area contributed by atoms with E-state index in [4.69, 9.17) is 32.2 Å². The van der Waals surface area contributed by atoms with Crippen LogP contribution in [0.15, 0.2) is 18.2 Å². The van der Waals surface area contributed by atoms with Crippen LogP contribution >= 0.6 is 11.6 Å². The Labute approximate surface area is 93.4 Å². The maximum absolute atomic E-state index is 7.38. The molecule has 4 nitrogen and oxygen atoms in total. The highest BCUT2D eigenvalue weighted by Gasteiger charge is 2.10. The van der Waals surface area contributed by atoms with Crippen LogP contribution in [-0.2, 0) is 4.74 Å². The Balaban J connectivity index is 2.86.